The van der Waals surface area contributed by atoms with Gasteiger partial charge >= 0.3 is 0 Å². The van der Waals surface area contributed by atoms with Gasteiger partial charge in [0.15, 0.2) is 0 Å². The normalized spacial score (nSPS) is 11.9. The molecule has 3 heteroatoms. The molecule has 0 aliphatic carbocycles. The van der Waals surface area contributed by atoms with Crippen LogP contribution >= 0.6 is 0 Å². The van der Waals surface area contributed by atoms with Crippen molar-refractivity contribution in [2.24, 2.45) is 0 Å². The van der Waals surface area contributed by atoms with E-state index in [4.69, 9.17) is 8.83 Å². The number of furan rings is 2. The monoisotopic (exact) mass is 667 g/mol. The van der Waals surface area contributed by atoms with Gasteiger partial charge in [-0.25, -0.2) is 0 Å². The van der Waals surface area contributed by atoms with Gasteiger partial charge in [0.1, 0.15) is 22.5 Å². The van der Waals surface area contributed by atoms with Gasteiger partial charge in [0, 0.05) is 49.3 Å². The smallest absolute Gasteiger partial charge is 0.143 e. The lowest BCUT2D eigenvalue weighted by Crippen LogP contribution is -1.94. The second-order valence-electron chi connectivity index (χ2n) is 13.3. The molecule has 0 N–H and O–H groups in total. The van der Waals surface area contributed by atoms with Crippen LogP contribution in [0.2, 0.25) is 0 Å². The average molecular weight is 668 g/mol. The van der Waals surface area contributed by atoms with Gasteiger partial charge in [-0.05, 0) is 83.8 Å². The van der Waals surface area contributed by atoms with Crippen molar-refractivity contribution in [2.45, 2.75) is 6.92 Å². The maximum Gasteiger partial charge on any atom is 0.143 e. The summed E-state index contributed by atoms with van der Waals surface area (Å²) in [5.41, 5.74) is 13.5. The molecule has 10 rings (SSSR count). The van der Waals surface area contributed by atoms with E-state index in [1.807, 2.05) is 25.1 Å². The Hall–Kier alpha value is -6.84. The van der Waals surface area contributed by atoms with E-state index < -0.39 is 0 Å². The molecule has 0 unspecified atom stereocenters. The first kappa shape index (κ1) is 30.0. The van der Waals surface area contributed by atoms with E-state index in [1.54, 1.807) is 6.08 Å². The van der Waals surface area contributed by atoms with Crippen molar-refractivity contribution < 1.29 is 8.83 Å². The minimum absolute atomic E-state index is 0.767. The second kappa shape index (κ2) is 11.9. The van der Waals surface area contributed by atoms with Crippen molar-refractivity contribution in [3.8, 4) is 39.1 Å². The molecule has 0 atom stereocenters. The van der Waals surface area contributed by atoms with Gasteiger partial charge < -0.3 is 13.4 Å². The molecule has 0 bridgehead atoms. The minimum atomic E-state index is 0.767. The van der Waals surface area contributed by atoms with Crippen LogP contribution in [0.25, 0.3) is 106 Å². The molecular weight excluding hydrogens is 635 g/mol. The molecule has 0 fully saturated rings. The topological polar surface area (TPSA) is 31.2 Å². The van der Waals surface area contributed by atoms with Gasteiger partial charge in [0.2, 0.25) is 0 Å². The van der Waals surface area contributed by atoms with E-state index in [2.05, 4.69) is 157 Å². The van der Waals surface area contributed by atoms with Gasteiger partial charge in [0.25, 0.3) is 0 Å². The third-order valence-corrected chi connectivity index (χ3v) is 10.3. The van der Waals surface area contributed by atoms with Crippen molar-refractivity contribution in [1.82, 2.24) is 4.57 Å². The predicted molar refractivity (Wildman–Crippen MR) is 219 cm³/mol. The fourth-order valence-electron chi connectivity index (χ4n) is 7.98. The third kappa shape index (κ3) is 4.60. The first-order chi connectivity index (χ1) is 25.7. The van der Waals surface area contributed by atoms with Gasteiger partial charge in [-0.1, -0.05) is 122 Å². The molecule has 246 valence electrons. The first-order valence-electron chi connectivity index (χ1n) is 17.7. The van der Waals surface area contributed by atoms with Gasteiger partial charge in [-0.3, -0.25) is 0 Å². The molecule has 3 nitrogen and oxygen atoms in total. The van der Waals surface area contributed by atoms with Crippen LogP contribution in [-0.4, -0.2) is 4.57 Å². The lowest BCUT2D eigenvalue weighted by Gasteiger charge is -2.14. The summed E-state index contributed by atoms with van der Waals surface area (Å²) in [6, 6.07) is 54.1. The van der Waals surface area contributed by atoms with Crippen LogP contribution in [0.1, 0.15) is 18.2 Å². The zero-order valence-corrected chi connectivity index (χ0v) is 28.6. The molecule has 0 saturated heterocycles. The average Bonchev–Trinajstić information content (AvgIpc) is 3.87. The lowest BCUT2D eigenvalue weighted by molar-refractivity contribution is 0.604. The molecule has 3 aromatic heterocycles. The van der Waals surface area contributed by atoms with Crippen LogP contribution in [0.15, 0.2) is 173 Å². The molecule has 0 aliphatic rings. The summed E-state index contributed by atoms with van der Waals surface area (Å²) in [4.78, 5) is 0. The molecule has 0 radical (unpaired) electrons. The number of para-hydroxylation sites is 5. The second-order valence-corrected chi connectivity index (χ2v) is 13.3. The van der Waals surface area contributed by atoms with Gasteiger partial charge in [-0.15, -0.1) is 0 Å². The molecule has 10 aromatic rings. The Balaban J connectivity index is 1.23. The van der Waals surface area contributed by atoms with E-state index in [9.17, 15) is 0 Å². The molecule has 7 aromatic carbocycles. The van der Waals surface area contributed by atoms with Crippen molar-refractivity contribution in [2.75, 3.05) is 0 Å². The minimum Gasteiger partial charge on any atom is -0.455 e. The SMILES string of the molecule is C=Cc1oc2c(-c3cc(-c4cccc(-n5c6ccccc6c6ccccc65)c4)cc(-c4cccc5c4oc4ccccc45)c3)cccc2c1/C=C\C. The van der Waals surface area contributed by atoms with E-state index >= 15 is 0 Å². The van der Waals surface area contributed by atoms with Crippen LogP contribution in [0.5, 0.6) is 0 Å². The summed E-state index contributed by atoms with van der Waals surface area (Å²) < 4.78 is 15.5. The number of allylic oxidation sites excluding steroid dienone is 1. The van der Waals surface area contributed by atoms with Crippen LogP contribution in [0.4, 0.5) is 0 Å². The highest BCUT2D eigenvalue weighted by atomic mass is 16.3. The molecule has 0 aliphatic heterocycles. The zero-order chi connectivity index (χ0) is 34.8. The summed E-state index contributed by atoms with van der Waals surface area (Å²) >= 11 is 0. The van der Waals surface area contributed by atoms with Crippen LogP contribution in [0, 0.1) is 0 Å². The van der Waals surface area contributed by atoms with E-state index in [0.29, 0.717) is 0 Å². The Morgan fingerprint density at radius 3 is 1.77 bits per heavy atom. The largest absolute Gasteiger partial charge is 0.455 e. The van der Waals surface area contributed by atoms with Crippen LogP contribution in [-0.2, 0) is 0 Å². The third-order valence-electron chi connectivity index (χ3n) is 10.3. The predicted octanol–water partition coefficient (Wildman–Crippen LogP) is 14.1. The van der Waals surface area contributed by atoms with Crippen molar-refractivity contribution >= 4 is 66.9 Å². The number of aromatic nitrogens is 1. The fraction of sp³-hybridized carbons (Fsp3) is 0.0204. The van der Waals surface area contributed by atoms with E-state index in [0.717, 1.165) is 83.3 Å². The lowest BCUT2D eigenvalue weighted by atomic mass is 9.92. The maximum atomic E-state index is 6.57. The number of fused-ring (bicyclic) bond motifs is 7. The Bertz CT molecular complexity index is 3000. The zero-order valence-electron chi connectivity index (χ0n) is 28.6. The highest BCUT2D eigenvalue weighted by molar-refractivity contribution is 6.11. The summed E-state index contributed by atoms with van der Waals surface area (Å²) in [6.07, 6.45) is 5.93. The summed E-state index contributed by atoms with van der Waals surface area (Å²) in [7, 11) is 0. The quantitative estimate of drug-likeness (QED) is 0.177. The molecule has 0 saturated carbocycles. The molecule has 0 amide bonds. The van der Waals surface area contributed by atoms with Crippen LogP contribution in [0.3, 0.4) is 0 Å². The van der Waals surface area contributed by atoms with E-state index in [1.165, 1.54) is 21.8 Å². The molecule has 0 spiro atoms. The number of hydrogen-bond acceptors (Lipinski definition) is 2. The van der Waals surface area contributed by atoms with Gasteiger partial charge in [-0.2, -0.15) is 0 Å². The molecule has 52 heavy (non-hydrogen) atoms. The first-order valence-corrected chi connectivity index (χ1v) is 17.7. The van der Waals surface area contributed by atoms with Crippen LogP contribution < -0.4 is 0 Å². The Morgan fingerprint density at radius 1 is 0.500 bits per heavy atom. The number of hydrogen-bond donors (Lipinski definition) is 0. The Labute approximate surface area is 301 Å². The standard InChI is InChI=1S/C49H33NO2/c1-3-14-40-42-22-12-20-36(48(42)51-46(40)4-2)33-27-32(28-34(29-33)37-21-13-23-43-41-19-7-10-26-47(41)52-49(37)43)31-15-11-16-35(30-31)50-44-24-8-5-17-38(44)39-18-6-9-25-45(39)50/h3-30H,2H2,1H3/b14-3-. The number of nitrogens with zero attached hydrogens (tertiary/aromatic N) is 1. The van der Waals surface area contributed by atoms with Gasteiger partial charge in [0.05, 0.1) is 11.0 Å². The molecular formula is C49H33NO2. The highest BCUT2D eigenvalue weighted by Crippen LogP contribution is 2.42. The number of benzene rings is 7. The van der Waals surface area contributed by atoms with Crippen molar-refractivity contribution in [1.29, 1.82) is 0 Å². The van der Waals surface area contributed by atoms with Crippen molar-refractivity contribution in [3.63, 3.8) is 0 Å². The Kier molecular flexibility index (Phi) is 6.87. The van der Waals surface area contributed by atoms with E-state index in [-0.39, 0.29) is 0 Å². The summed E-state index contributed by atoms with van der Waals surface area (Å²) in [5, 5.41) is 5.77. The summed E-state index contributed by atoms with van der Waals surface area (Å²) in [6.45, 7) is 6.08. The Morgan fingerprint density at radius 2 is 1.08 bits per heavy atom. The molecule has 3 heterocycles. The number of rotatable bonds is 6. The maximum absolute atomic E-state index is 6.57. The summed E-state index contributed by atoms with van der Waals surface area (Å²) in [5.74, 6) is 0.767. The van der Waals surface area contributed by atoms with Crippen molar-refractivity contribution in [3.05, 3.63) is 176 Å². The highest BCUT2D eigenvalue weighted by Gasteiger charge is 2.19. The fourth-order valence-corrected chi connectivity index (χ4v) is 7.98.